The predicted octanol–water partition coefficient (Wildman–Crippen LogP) is 0.265. The quantitative estimate of drug-likeness (QED) is 0.669. The minimum absolute atomic E-state index is 0.327. The van der Waals surface area contributed by atoms with Crippen molar-refractivity contribution in [1.82, 2.24) is 5.32 Å². The highest BCUT2D eigenvalue weighted by molar-refractivity contribution is 5.80. The van der Waals surface area contributed by atoms with Crippen molar-refractivity contribution >= 4 is 5.91 Å². The molecule has 1 fully saturated rings. The van der Waals surface area contributed by atoms with Crippen LogP contribution in [0.4, 0.5) is 0 Å². The molecule has 0 bridgehead atoms. The molecule has 0 saturated heterocycles. The number of nitrogens with two attached hydrogens (primary N) is 1. The molecule has 3 atom stereocenters. The van der Waals surface area contributed by atoms with Gasteiger partial charge < -0.3 is 15.8 Å². The number of ether oxygens (including phenoxy) is 1. The number of nitrogens with one attached hydrogen (secondary N) is 1. The first-order chi connectivity index (χ1) is 6.63. The molecule has 0 aromatic heterocycles. The summed E-state index contributed by atoms with van der Waals surface area (Å²) < 4.78 is 4.94. The third-order valence-electron chi connectivity index (χ3n) is 2.81. The van der Waals surface area contributed by atoms with Crippen molar-refractivity contribution in [3.05, 3.63) is 0 Å². The molecule has 0 heterocycles. The van der Waals surface area contributed by atoms with Gasteiger partial charge in [0.1, 0.15) is 6.04 Å². The highest BCUT2D eigenvalue weighted by atomic mass is 16.5. The van der Waals surface area contributed by atoms with Gasteiger partial charge in [0.15, 0.2) is 0 Å². The van der Waals surface area contributed by atoms with Gasteiger partial charge in [-0.05, 0) is 25.2 Å². The lowest BCUT2D eigenvalue weighted by Crippen LogP contribution is -2.48. The lowest BCUT2D eigenvalue weighted by Gasteiger charge is -2.19. The lowest BCUT2D eigenvalue weighted by atomic mass is 10.1. The van der Waals surface area contributed by atoms with Crippen LogP contribution in [0.5, 0.6) is 0 Å². The number of hydrogen-bond donors (Lipinski definition) is 2. The molecule has 14 heavy (non-hydrogen) atoms. The Kier molecular flexibility index (Phi) is 4.35. The van der Waals surface area contributed by atoms with Gasteiger partial charge in [0.25, 0.3) is 0 Å². The predicted molar refractivity (Wildman–Crippen MR) is 54.8 cm³/mol. The van der Waals surface area contributed by atoms with Crippen molar-refractivity contribution in [2.75, 3.05) is 13.7 Å². The molecule has 1 rings (SSSR count). The number of carbonyl (C=O) groups is 1. The third kappa shape index (κ3) is 3.27. The van der Waals surface area contributed by atoms with E-state index in [0.717, 1.165) is 18.8 Å². The van der Waals surface area contributed by atoms with E-state index in [-0.39, 0.29) is 11.9 Å². The topological polar surface area (TPSA) is 64.3 Å². The van der Waals surface area contributed by atoms with Crippen molar-refractivity contribution in [1.29, 1.82) is 0 Å². The van der Waals surface area contributed by atoms with Crippen LogP contribution in [-0.2, 0) is 9.53 Å². The first kappa shape index (κ1) is 11.5. The number of amides is 1. The molecule has 0 aromatic rings. The fraction of sp³-hybridized carbons (Fsp3) is 0.900. The average Bonchev–Trinajstić information content (AvgIpc) is 2.50. The molecule has 0 aromatic carbocycles. The Balaban J connectivity index is 2.35. The monoisotopic (exact) mass is 200 g/mol. The molecule has 1 amide bonds. The maximum absolute atomic E-state index is 11.0. The van der Waals surface area contributed by atoms with Crippen LogP contribution >= 0.6 is 0 Å². The van der Waals surface area contributed by atoms with E-state index < -0.39 is 0 Å². The molecule has 82 valence electrons. The minimum atomic E-state index is -0.338. The normalized spacial score (nSPS) is 29.0. The molecule has 3 N–H and O–H groups in total. The van der Waals surface area contributed by atoms with Gasteiger partial charge in [0, 0.05) is 13.2 Å². The Hall–Kier alpha value is -0.610. The second kappa shape index (κ2) is 5.32. The summed E-state index contributed by atoms with van der Waals surface area (Å²) in [4.78, 5) is 11.0. The van der Waals surface area contributed by atoms with Gasteiger partial charge in [0.05, 0.1) is 6.61 Å². The maximum Gasteiger partial charge on any atom is 0.236 e. The smallest absolute Gasteiger partial charge is 0.236 e. The van der Waals surface area contributed by atoms with Crippen molar-refractivity contribution < 1.29 is 9.53 Å². The largest absolute Gasteiger partial charge is 0.383 e. The summed E-state index contributed by atoms with van der Waals surface area (Å²) in [5, 5.41) is 3.25. The van der Waals surface area contributed by atoms with E-state index in [1.54, 1.807) is 7.11 Å². The second-order valence-corrected chi connectivity index (χ2v) is 4.19. The summed E-state index contributed by atoms with van der Waals surface area (Å²) in [6, 6.07) is 0.0907. The van der Waals surface area contributed by atoms with Crippen LogP contribution in [0.2, 0.25) is 0 Å². The third-order valence-corrected chi connectivity index (χ3v) is 2.81. The maximum atomic E-state index is 11.0. The Labute approximate surface area is 85.2 Å². The van der Waals surface area contributed by atoms with Gasteiger partial charge in [-0.1, -0.05) is 6.92 Å². The van der Waals surface area contributed by atoms with Crippen molar-refractivity contribution in [3.8, 4) is 0 Å². The molecular formula is C10H20N2O2. The van der Waals surface area contributed by atoms with Crippen LogP contribution in [0.1, 0.15) is 26.2 Å². The molecule has 1 aliphatic carbocycles. The molecular weight excluding hydrogens is 180 g/mol. The van der Waals surface area contributed by atoms with E-state index in [0.29, 0.717) is 12.6 Å². The van der Waals surface area contributed by atoms with Gasteiger partial charge in [-0.2, -0.15) is 0 Å². The molecule has 3 unspecified atom stereocenters. The van der Waals surface area contributed by atoms with Crippen molar-refractivity contribution in [3.63, 3.8) is 0 Å². The highest BCUT2D eigenvalue weighted by Crippen LogP contribution is 2.24. The molecule has 1 saturated carbocycles. The molecule has 4 heteroatoms. The van der Waals surface area contributed by atoms with E-state index in [2.05, 4.69) is 12.2 Å². The first-order valence-corrected chi connectivity index (χ1v) is 5.17. The molecule has 0 radical (unpaired) electrons. The highest BCUT2D eigenvalue weighted by Gasteiger charge is 2.25. The Morgan fingerprint density at radius 1 is 1.64 bits per heavy atom. The molecule has 0 spiro atoms. The Bertz CT molecular complexity index is 197. The van der Waals surface area contributed by atoms with Crippen LogP contribution in [0.3, 0.4) is 0 Å². The van der Waals surface area contributed by atoms with E-state index in [1.165, 1.54) is 6.42 Å². The zero-order chi connectivity index (χ0) is 10.6. The van der Waals surface area contributed by atoms with Gasteiger partial charge in [-0.3, -0.25) is 4.79 Å². The summed E-state index contributed by atoms with van der Waals surface area (Å²) in [6.45, 7) is 2.59. The second-order valence-electron chi connectivity index (χ2n) is 4.19. The standard InChI is InChI=1S/C10H20N2O2/c1-7-3-4-8(5-7)12-9(6-14-2)10(11)13/h7-9,12H,3-6H2,1-2H3,(H2,11,13). The Morgan fingerprint density at radius 3 is 2.79 bits per heavy atom. The minimum Gasteiger partial charge on any atom is -0.383 e. The molecule has 0 aliphatic heterocycles. The number of hydrogen-bond acceptors (Lipinski definition) is 3. The van der Waals surface area contributed by atoms with Gasteiger partial charge in [0.2, 0.25) is 5.91 Å². The van der Waals surface area contributed by atoms with Crippen LogP contribution in [-0.4, -0.2) is 31.7 Å². The van der Waals surface area contributed by atoms with E-state index in [9.17, 15) is 4.79 Å². The van der Waals surface area contributed by atoms with Crippen LogP contribution < -0.4 is 11.1 Å². The summed E-state index contributed by atoms with van der Waals surface area (Å²) in [5.41, 5.74) is 5.25. The van der Waals surface area contributed by atoms with Gasteiger partial charge in [-0.25, -0.2) is 0 Å². The summed E-state index contributed by atoms with van der Waals surface area (Å²) >= 11 is 0. The van der Waals surface area contributed by atoms with E-state index in [1.807, 2.05) is 0 Å². The fourth-order valence-electron chi connectivity index (χ4n) is 2.02. The molecule has 4 nitrogen and oxygen atoms in total. The lowest BCUT2D eigenvalue weighted by molar-refractivity contribution is -0.121. The molecule has 1 aliphatic rings. The van der Waals surface area contributed by atoms with Crippen LogP contribution in [0, 0.1) is 5.92 Å². The van der Waals surface area contributed by atoms with E-state index in [4.69, 9.17) is 10.5 Å². The van der Waals surface area contributed by atoms with Crippen molar-refractivity contribution in [2.24, 2.45) is 11.7 Å². The van der Waals surface area contributed by atoms with Crippen LogP contribution in [0.25, 0.3) is 0 Å². The number of methoxy groups -OCH3 is 1. The average molecular weight is 200 g/mol. The van der Waals surface area contributed by atoms with Crippen LogP contribution in [0.15, 0.2) is 0 Å². The summed E-state index contributed by atoms with van der Waals surface area (Å²) in [5.74, 6) is 0.426. The Morgan fingerprint density at radius 2 is 2.36 bits per heavy atom. The van der Waals surface area contributed by atoms with Gasteiger partial charge in [-0.15, -0.1) is 0 Å². The zero-order valence-corrected chi connectivity index (χ0v) is 8.95. The first-order valence-electron chi connectivity index (χ1n) is 5.17. The zero-order valence-electron chi connectivity index (χ0n) is 8.95. The van der Waals surface area contributed by atoms with E-state index >= 15 is 0 Å². The fourth-order valence-corrected chi connectivity index (χ4v) is 2.02. The summed E-state index contributed by atoms with van der Waals surface area (Å²) in [7, 11) is 1.58. The number of carbonyl (C=O) groups excluding carboxylic acids is 1. The summed E-state index contributed by atoms with van der Waals surface area (Å²) in [6.07, 6.45) is 3.50. The van der Waals surface area contributed by atoms with Crippen molar-refractivity contribution in [2.45, 2.75) is 38.3 Å². The number of rotatable bonds is 5. The SMILES string of the molecule is COCC(NC1CCC(C)C1)C(N)=O. The van der Waals surface area contributed by atoms with Gasteiger partial charge >= 0.3 is 0 Å². The number of primary amides is 1.